The SMILES string of the molecule is Cc1nc(-c2cnccn2)sc1C(=N)N. The van der Waals surface area contributed by atoms with E-state index in [1.54, 1.807) is 18.6 Å². The van der Waals surface area contributed by atoms with Gasteiger partial charge in [-0.05, 0) is 6.92 Å². The van der Waals surface area contributed by atoms with Crippen molar-refractivity contribution in [2.24, 2.45) is 5.73 Å². The van der Waals surface area contributed by atoms with E-state index in [-0.39, 0.29) is 5.84 Å². The van der Waals surface area contributed by atoms with Gasteiger partial charge in [0.2, 0.25) is 0 Å². The predicted molar refractivity (Wildman–Crippen MR) is 58.9 cm³/mol. The third-order valence-electron chi connectivity index (χ3n) is 1.82. The maximum absolute atomic E-state index is 7.36. The molecule has 2 heterocycles. The molecule has 0 aliphatic carbocycles. The average molecular weight is 219 g/mol. The maximum Gasteiger partial charge on any atom is 0.144 e. The fraction of sp³-hybridized carbons (Fsp3) is 0.111. The summed E-state index contributed by atoms with van der Waals surface area (Å²) in [6, 6.07) is 0. The molecule has 0 bridgehead atoms. The van der Waals surface area contributed by atoms with E-state index in [1.807, 2.05) is 6.92 Å². The molecule has 0 saturated heterocycles. The van der Waals surface area contributed by atoms with Crippen molar-refractivity contribution in [3.05, 3.63) is 29.2 Å². The summed E-state index contributed by atoms with van der Waals surface area (Å²) in [6.07, 6.45) is 4.86. The molecule has 0 aromatic carbocycles. The van der Waals surface area contributed by atoms with Crippen LogP contribution in [0.15, 0.2) is 18.6 Å². The Kier molecular flexibility index (Phi) is 2.42. The van der Waals surface area contributed by atoms with Crippen molar-refractivity contribution in [3.8, 4) is 10.7 Å². The highest BCUT2D eigenvalue weighted by Gasteiger charge is 2.11. The minimum absolute atomic E-state index is 0.0418. The lowest BCUT2D eigenvalue weighted by Crippen LogP contribution is -2.10. The normalized spacial score (nSPS) is 10.2. The van der Waals surface area contributed by atoms with E-state index in [0.29, 0.717) is 10.6 Å². The number of rotatable bonds is 2. The van der Waals surface area contributed by atoms with E-state index in [2.05, 4.69) is 15.0 Å². The number of nitrogen functional groups attached to an aromatic ring is 1. The van der Waals surface area contributed by atoms with Gasteiger partial charge >= 0.3 is 0 Å². The molecule has 0 spiro atoms. The fourth-order valence-corrected chi connectivity index (χ4v) is 2.05. The van der Waals surface area contributed by atoms with E-state index < -0.39 is 0 Å². The summed E-state index contributed by atoms with van der Waals surface area (Å²) in [5.41, 5.74) is 6.89. The van der Waals surface area contributed by atoms with Crippen LogP contribution < -0.4 is 5.73 Å². The van der Waals surface area contributed by atoms with Crippen LogP contribution in [0.2, 0.25) is 0 Å². The van der Waals surface area contributed by atoms with Gasteiger partial charge in [-0.2, -0.15) is 0 Å². The van der Waals surface area contributed by atoms with Crippen LogP contribution in [-0.4, -0.2) is 20.8 Å². The zero-order chi connectivity index (χ0) is 10.8. The Bertz CT molecular complexity index is 490. The van der Waals surface area contributed by atoms with Crippen molar-refractivity contribution >= 4 is 17.2 Å². The summed E-state index contributed by atoms with van der Waals surface area (Å²) < 4.78 is 0. The Morgan fingerprint density at radius 2 is 2.27 bits per heavy atom. The smallest absolute Gasteiger partial charge is 0.144 e. The molecule has 0 atom stereocenters. The first-order valence-electron chi connectivity index (χ1n) is 4.26. The molecule has 0 fully saturated rings. The summed E-state index contributed by atoms with van der Waals surface area (Å²) in [5, 5.41) is 8.11. The van der Waals surface area contributed by atoms with Crippen LogP contribution >= 0.6 is 11.3 Å². The van der Waals surface area contributed by atoms with Crippen LogP contribution in [0.4, 0.5) is 0 Å². The number of thiazole rings is 1. The van der Waals surface area contributed by atoms with Gasteiger partial charge in [0.15, 0.2) is 0 Å². The molecular weight excluding hydrogens is 210 g/mol. The third-order valence-corrected chi connectivity index (χ3v) is 3.04. The molecule has 0 saturated carbocycles. The van der Waals surface area contributed by atoms with E-state index >= 15 is 0 Å². The largest absolute Gasteiger partial charge is 0.383 e. The lowest BCUT2D eigenvalue weighted by atomic mass is 10.4. The molecule has 76 valence electrons. The lowest BCUT2D eigenvalue weighted by Gasteiger charge is -1.91. The predicted octanol–water partition coefficient (Wildman–Crippen LogP) is 1.19. The molecule has 0 amide bonds. The number of nitrogens with two attached hydrogens (primary N) is 1. The Balaban J connectivity index is 2.48. The molecule has 2 rings (SSSR count). The Morgan fingerprint density at radius 3 is 2.80 bits per heavy atom. The molecular formula is C9H9N5S. The van der Waals surface area contributed by atoms with Gasteiger partial charge in [0.05, 0.1) is 16.8 Å². The molecule has 3 N–H and O–H groups in total. The van der Waals surface area contributed by atoms with E-state index in [9.17, 15) is 0 Å². The van der Waals surface area contributed by atoms with Crippen molar-refractivity contribution in [2.45, 2.75) is 6.92 Å². The number of hydrogen-bond acceptors (Lipinski definition) is 5. The van der Waals surface area contributed by atoms with Crippen LogP contribution in [0.5, 0.6) is 0 Å². The van der Waals surface area contributed by atoms with Gasteiger partial charge in [-0.25, -0.2) is 4.98 Å². The minimum atomic E-state index is 0.0418. The van der Waals surface area contributed by atoms with Crippen LogP contribution in [-0.2, 0) is 0 Å². The summed E-state index contributed by atoms with van der Waals surface area (Å²) in [7, 11) is 0. The molecule has 5 nitrogen and oxygen atoms in total. The number of nitrogens with zero attached hydrogens (tertiary/aromatic N) is 3. The molecule has 6 heteroatoms. The number of nitrogens with one attached hydrogen (secondary N) is 1. The van der Waals surface area contributed by atoms with E-state index in [4.69, 9.17) is 11.1 Å². The van der Waals surface area contributed by atoms with Gasteiger partial charge in [-0.15, -0.1) is 11.3 Å². The van der Waals surface area contributed by atoms with Crippen molar-refractivity contribution in [2.75, 3.05) is 0 Å². The highest BCUT2D eigenvalue weighted by molar-refractivity contribution is 7.17. The van der Waals surface area contributed by atoms with E-state index in [1.165, 1.54) is 11.3 Å². The highest BCUT2D eigenvalue weighted by atomic mass is 32.1. The number of amidine groups is 1. The number of aromatic nitrogens is 3. The molecule has 0 unspecified atom stereocenters. The van der Waals surface area contributed by atoms with Crippen molar-refractivity contribution in [1.82, 2.24) is 15.0 Å². The second-order valence-electron chi connectivity index (χ2n) is 2.94. The Hall–Kier alpha value is -1.82. The second kappa shape index (κ2) is 3.74. The van der Waals surface area contributed by atoms with Gasteiger partial charge in [0.1, 0.15) is 16.5 Å². The average Bonchev–Trinajstić information content (AvgIpc) is 2.62. The third kappa shape index (κ3) is 1.84. The second-order valence-corrected chi connectivity index (χ2v) is 3.94. The number of aryl methyl sites for hydroxylation is 1. The van der Waals surface area contributed by atoms with Crippen molar-refractivity contribution < 1.29 is 0 Å². The molecule has 2 aromatic rings. The summed E-state index contributed by atoms with van der Waals surface area (Å²) in [5.74, 6) is 0.0418. The van der Waals surface area contributed by atoms with Crippen molar-refractivity contribution in [1.29, 1.82) is 5.41 Å². The summed E-state index contributed by atoms with van der Waals surface area (Å²) in [4.78, 5) is 13.1. The van der Waals surface area contributed by atoms with Crippen LogP contribution in [0, 0.1) is 12.3 Å². The van der Waals surface area contributed by atoms with E-state index in [0.717, 1.165) is 10.7 Å². The van der Waals surface area contributed by atoms with Gasteiger partial charge in [-0.1, -0.05) is 0 Å². The van der Waals surface area contributed by atoms with Gasteiger partial charge < -0.3 is 5.73 Å². The molecule has 0 aliphatic rings. The lowest BCUT2D eigenvalue weighted by molar-refractivity contribution is 1.18. The quantitative estimate of drug-likeness (QED) is 0.586. The van der Waals surface area contributed by atoms with Crippen molar-refractivity contribution in [3.63, 3.8) is 0 Å². The highest BCUT2D eigenvalue weighted by Crippen LogP contribution is 2.25. The first-order valence-corrected chi connectivity index (χ1v) is 5.08. The standard InChI is InChI=1S/C9H9N5S/c1-5-7(8(10)11)15-9(14-5)6-4-12-2-3-13-6/h2-4H,1H3,(H3,10,11). The minimum Gasteiger partial charge on any atom is -0.383 e. The summed E-state index contributed by atoms with van der Waals surface area (Å²) in [6.45, 7) is 1.83. The maximum atomic E-state index is 7.36. The Morgan fingerprint density at radius 1 is 1.47 bits per heavy atom. The molecule has 2 aromatic heterocycles. The monoisotopic (exact) mass is 219 g/mol. The molecule has 0 aliphatic heterocycles. The van der Waals surface area contributed by atoms with Gasteiger partial charge in [0.25, 0.3) is 0 Å². The van der Waals surface area contributed by atoms with Crippen LogP contribution in [0.3, 0.4) is 0 Å². The Labute approximate surface area is 90.5 Å². The zero-order valence-electron chi connectivity index (χ0n) is 8.06. The fourth-order valence-electron chi connectivity index (χ4n) is 1.17. The van der Waals surface area contributed by atoms with Gasteiger partial charge in [0, 0.05) is 12.4 Å². The topological polar surface area (TPSA) is 88.5 Å². The first-order chi connectivity index (χ1) is 7.18. The zero-order valence-corrected chi connectivity index (χ0v) is 8.88. The number of hydrogen-bond donors (Lipinski definition) is 2. The van der Waals surface area contributed by atoms with Crippen LogP contribution in [0.1, 0.15) is 10.6 Å². The van der Waals surface area contributed by atoms with Crippen LogP contribution in [0.25, 0.3) is 10.7 Å². The van der Waals surface area contributed by atoms with Gasteiger partial charge in [-0.3, -0.25) is 15.4 Å². The molecule has 0 radical (unpaired) electrons. The first kappa shape index (κ1) is 9.72. The molecule has 15 heavy (non-hydrogen) atoms. The summed E-state index contributed by atoms with van der Waals surface area (Å²) >= 11 is 1.36.